The molecule has 2 heterocycles. The number of aromatic amines is 1. The van der Waals surface area contributed by atoms with Crippen molar-refractivity contribution in [2.24, 2.45) is 0 Å². The number of hydrogen-bond acceptors (Lipinski definition) is 5. The fourth-order valence-corrected chi connectivity index (χ4v) is 1.47. The summed E-state index contributed by atoms with van der Waals surface area (Å²) in [6.45, 7) is 0. The van der Waals surface area contributed by atoms with Crippen LogP contribution in [0.4, 0.5) is 5.95 Å². The lowest BCUT2D eigenvalue weighted by Crippen LogP contribution is -2.24. The second-order valence-corrected chi connectivity index (χ2v) is 3.69. The maximum Gasteiger partial charge on any atom is 0.278 e. The van der Waals surface area contributed by atoms with Gasteiger partial charge in [-0.25, -0.2) is 10.1 Å². The summed E-state index contributed by atoms with van der Waals surface area (Å²) < 4.78 is 0.635. The van der Waals surface area contributed by atoms with E-state index in [1.807, 2.05) is 0 Å². The van der Waals surface area contributed by atoms with Crippen LogP contribution in [0.2, 0.25) is 0 Å². The highest BCUT2D eigenvalue weighted by molar-refractivity contribution is 5.25. The van der Waals surface area contributed by atoms with Crippen molar-refractivity contribution >= 4 is 5.95 Å². The smallest absolute Gasteiger partial charge is 0.278 e. The Morgan fingerprint density at radius 2 is 2.11 bits per heavy atom. The zero-order valence-electron chi connectivity index (χ0n) is 9.57. The van der Waals surface area contributed by atoms with Crippen LogP contribution in [-0.4, -0.2) is 15.0 Å². The van der Waals surface area contributed by atoms with Crippen LogP contribution in [0.1, 0.15) is 11.1 Å². The molecule has 0 atom stereocenters. The van der Waals surface area contributed by atoms with Crippen LogP contribution in [0.15, 0.2) is 35.5 Å². The highest BCUT2D eigenvalue weighted by Gasteiger charge is 2.07. The van der Waals surface area contributed by atoms with Crippen molar-refractivity contribution in [3.63, 3.8) is 0 Å². The van der Waals surface area contributed by atoms with Crippen LogP contribution in [0.5, 0.6) is 0 Å². The van der Waals surface area contributed by atoms with Crippen LogP contribution in [0, 0.1) is 15.3 Å². The van der Waals surface area contributed by atoms with Gasteiger partial charge in [0.2, 0.25) is 0 Å². The van der Waals surface area contributed by atoms with Crippen molar-refractivity contribution in [1.82, 2.24) is 9.97 Å². The molecule has 2 aromatic heterocycles. The molecule has 2 N–H and O–H groups in total. The summed E-state index contributed by atoms with van der Waals surface area (Å²) in [5.74, 6) is -0.232. The van der Waals surface area contributed by atoms with Crippen molar-refractivity contribution < 1.29 is 9.76 Å². The summed E-state index contributed by atoms with van der Waals surface area (Å²) >= 11 is 0. The number of rotatable bonds is 4. The number of aromatic nitrogens is 3. The highest BCUT2D eigenvalue weighted by atomic mass is 16.7. The van der Waals surface area contributed by atoms with Crippen LogP contribution in [0.25, 0.3) is 0 Å². The van der Waals surface area contributed by atoms with Gasteiger partial charge >= 0.3 is 0 Å². The Balaban J connectivity index is 2.19. The zero-order valence-corrected chi connectivity index (χ0v) is 9.57. The van der Waals surface area contributed by atoms with Gasteiger partial charge in [-0.15, -0.1) is 0 Å². The lowest BCUT2D eigenvalue weighted by atomic mass is 10.1. The van der Waals surface area contributed by atoms with Gasteiger partial charge < -0.3 is 10.2 Å². The molecule has 0 fully saturated rings. The van der Waals surface area contributed by atoms with E-state index in [4.69, 9.17) is 0 Å². The maximum atomic E-state index is 11.6. The number of anilines is 1. The third-order valence-electron chi connectivity index (χ3n) is 2.33. The van der Waals surface area contributed by atoms with E-state index in [2.05, 4.69) is 9.97 Å². The number of hydrazine groups is 1. The number of pyridine rings is 1. The summed E-state index contributed by atoms with van der Waals surface area (Å²) in [7, 11) is 0. The summed E-state index contributed by atoms with van der Waals surface area (Å²) in [5.41, 5.74) is 2.29. The molecule has 0 saturated heterocycles. The molecular weight excluding hydrogens is 254 g/mol. The van der Waals surface area contributed by atoms with Crippen LogP contribution < -0.4 is 15.7 Å². The third-order valence-corrected chi connectivity index (χ3v) is 2.33. The first kappa shape index (κ1) is 12.5. The Hall–Kier alpha value is -2.97. The number of nitrogens with zero attached hydrogens (tertiary/aromatic N) is 3. The van der Waals surface area contributed by atoms with E-state index in [0.29, 0.717) is 10.3 Å². The number of hydrogen-bond donors (Lipinski definition) is 2. The predicted octanol–water partition coefficient (Wildman–Crippen LogP) is -0.402. The van der Waals surface area contributed by atoms with Crippen LogP contribution in [0.3, 0.4) is 0 Å². The van der Waals surface area contributed by atoms with Crippen molar-refractivity contribution in [3.8, 4) is 0 Å². The van der Waals surface area contributed by atoms with Gasteiger partial charge in [0.1, 0.15) is 0 Å². The molecule has 0 aliphatic rings. The Labute approximate surface area is 106 Å². The molecule has 2 aromatic rings. The van der Waals surface area contributed by atoms with Gasteiger partial charge in [0.25, 0.3) is 11.5 Å². The molecule has 98 valence electrons. The van der Waals surface area contributed by atoms with Crippen LogP contribution in [-0.2, 0) is 6.42 Å². The predicted molar refractivity (Wildman–Crippen MR) is 63.7 cm³/mol. The van der Waals surface area contributed by atoms with Crippen LogP contribution >= 0.6 is 0 Å². The molecule has 9 heteroatoms. The van der Waals surface area contributed by atoms with E-state index in [1.165, 1.54) is 18.6 Å². The molecule has 0 amide bonds. The molecular formula is C10H9N5O4. The molecule has 0 aliphatic carbocycles. The quantitative estimate of drug-likeness (QED) is 0.334. The molecule has 0 saturated carbocycles. The minimum absolute atomic E-state index is 0.232. The monoisotopic (exact) mass is 263 g/mol. The Kier molecular flexibility index (Phi) is 3.37. The van der Waals surface area contributed by atoms with Gasteiger partial charge in [-0.2, -0.15) is 9.71 Å². The lowest BCUT2D eigenvalue weighted by molar-refractivity contribution is -0.605. The normalized spacial score (nSPS) is 10.1. The summed E-state index contributed by atoms with van der Waals surface area (Å²) in [6.07, 6.45) is 4.26. The van der Waals surface area contributed by atoms with Gasteiger partial charge in [0.05, 0.1) is 0 Å². The third kappa shape index (κ3) is 3.25. The highest BCUT2D eigenvalue weighted by Crippen LogP contribution is 2.03. The molecule has 0 unspecified atom stereocenters. The van der Waals surface area contributed by atoms with Gasteiger partial charge in [-0.3, -0.25) is 4.79 Å². The van der Waals surface area contributed by atoms with E-state index in [9.17, 15) is 20.1 Å². The first-order valence-corrected chi connectivity index (χ1v) is 5.22. The average Bonchev–Trinajstić information content (AvgIpc) is 2.34. The average molecular weight is 263 g/mol. The van der Waals surface area contributed by atoms with E-state index >= 15 is 0 Å². The first-order valence-electron chi connectivity index (χ1n) is 5.22. The molecule has 0 aromatic carbocycles. The van der Waals surface area contributed by atoms with Crippen molar-refractivity contribution in [1.29, 1.82) is 0 Å². The molecule has 0 spiro atoms. The molecule has 0 radical (unpaired) electrons. The Bertz CT molecular complexity index is 652. The Morgan fingerprint density at radius 3 is 2.68 bits per heavy atom. The fraction of sp³-hybridized carbons (Fsp3) is 0.100. The van der Waals surface area contributed by atoms with E-state index in [-0.39, 0.29) is 12.4 Å². The fourth-order valence-electron chi connectivity index (χ4n) is 1.47. The molecule has 0 aliphatic heterocycles. The van der Waals surface area contributed by atoms with E-state index in [1.54, 1.807) is 17.6 Å². The van der Waals surface area contributed by atoms with Gasteiger partial charge in [-0.05, 0) is 5.56 Å². The molecule has 19 heavy (non-hydrogen) atoms. The van der Waals surface area contributed by atoms with Crippen molar-refractivity contribution in [3.05, 3.63) is 67.5 Å². The van der Waals surface area contributed by atoms with Gasteiger partial charge in [0.15, 0.2) is 17.4 Å². The molecule has 9 nitrogen and oxygen atoms in total. The van der Waals surface area contributed by atoms with E-state index in [0.717, 1.165) is 5.56 Å². The number of nitrogens with one attached hydrogen (secondary N) is 2. The lowest BCUT2D eigenvalue weighted by Gasteiger charge is -2.02. The Morgan fingerprint density at radius 1 is 1.42 bits per heavy atom. The molecule has 0 bridgehead atoms. The minimum Gasteiger partial charge on any atom is -0.619 e. The number of nitro groups is 1. The van der Waals surface area contributed by atoms with Crippen molar-refractivity contribution in [2.75, 3.05) is 5.43 Å². The van der Waals surface area contributed by atoms with Gasteiger partial charge in [-0.1, -0.05) is 5.43 Å². The minimum atomic E-state index is -0.817. The summed E-state index contributed by atoms with van der Waals surface area (Å²) in [6, 6.07) is 3.16. The second-order valence-electron chi connectivity index (χ2n) is 3.69. The first-order chi connectivity index (χ1) is 9.04. The number of H-pyrrole nitrogens is 1. The van der Waals surface area contributed by atoms with Gasteiger partial charge in [0, 0.05) is 30.3 Å². The van der Waals surface area contributed by atoms with Crippen molar-refractivity contribution in [2.45, 2.75) is 6.42 Å². The topological polar surface area (TPSA) is 128 Å². The van der Waals surface area contributed by atoms with E-state index < -0.39 is 10.6 Å². The maximum absolute atomic E-state index is 11.6. The molecule has 2 rings (SSSR count). The largest absolute Gasteiger partial charge is 0.619 e. The standard InChI is InChI=1S/C10H9N5O4/c16-9-8(5-7-1-3-14(17)4-2-7)6-11-10(12-9)13-15(18)19/h1-4,6H,5H2,(H2,11,12,13,16). The zero-order chi connectivity index (χ0) is 13.8. The second kappa shape index (κ2) is 5.12. The summed E-state index contributed by atoms with van der Waals surface area (Å²) in [5, 5.41) is 20.2. The summed E-state index contributed by atoms with van der Waals surface area (Å²) in [4.78, 5) is 27.8. The SMILES string of the molecule is O=c1nc(N[N+](=O)[O-])[nH]cc1Cc1cc[n+]([O-])cc1.